The zero-order valence-corrected chi connectivity index (χ0v) is 5.66. The second kappa shape index (κ2) is 3.61. The SMILES string of the molecule is C=C(C(C)O)C(C)OO. The van der Waals surface area contributed by atoms with Crippen molar-refractivity contribution in [2.75, 3.05) is 0 Å². The van der Waals surface area contributed by atoms with Gasteiger partial charge in [0.05, 0.1) is 6.10 Å². The molecule has 9 heavy (non-hydrogen) atoms. The number of aliphatic hydroxyl groups is 1. The second-order valence-electron chi connectivity index (χ2n) is 2.00. The molecule has 2 unspecified atom stereocenters. The highest BCUT2D eigenvalue weighted by molar-refractivity contribution is 5.04. The Kier molecular flexibility index (Phi) is 3.46. The molecule has 54 valence electrons. The monoisotopic (exact) mass is 132 g/mol. The Labute approximate surface area is 54.5 Å². The van der Waals surface area contributed by atoms with E-state index < -0.39 is 12.2 Å². The summed E-state index contributed by atoms with van der Waals surface area (Å²) in [6.45, 7) is 6.66. The first-order chi connectivity index (χ1) is 4.09. The molecular formula is C6H12O3. The molecular weight excluding hydrogens is 120 g/mol. The molecule has 0 bridgehead atoms. The molecule has 0 spiro atoms. The Bertz CT molecular complexity index is 98.5. The molecule has 0 rings (SSSR count). The lowest BCUT2D eigenvalue weighted by Gasteiger charge is -2.12. The van der Waals surface area contributed by atoms with Crippen LogP contribution in [0.25, 0.3) is 0 Å². The van der Waals surface area contributed by atoms with Crippen molar-refractivity contribution in [1.29, 1.82) is 0 Å². The topological polar surface area (TPSA) is 49.7 Å². The lowest BCUT2D eigenvalue weighted by atomic mass is 10.1. The summed E-state index contributed by atoms with van der Waals surface area (Å²) in [6, 6.07) is 0. The first-order valence-corrected chi connectivity index (χ1v) is 2.76. The number of aliphatic hydroxyl groups excluding tert-OH is 1. The summed E-state index contributed by atoms with van der Waals surface area (Å²) in [5.41, 5.74) is 0.470. The molecule has 0 aromatic rings. The highest BCUT2D eigenvalue weighted by Gasteiger charge is 2.10. The zero-order valence-electron chi connectivity index (χ0n) is 5.66. The highest BCUT2D eigenvalue weighted by Crippen LogP contribution is 2.06. The summed E-state index contributed by atoms with van der Waals surface area (Å²) in [4.78, 5) is 3.91. The molecule has 3 nitrogen and oxygen atoms in total. The van der Waals surface area contributed by atoms with E-state index in [-0.39, 0.29) is 0 Å². The third-order valence-corrected chi connectivity index (χ3v) is 1.22. The fraction of sp³-hybridized carbons (Fsp3) is 0.667. The maximum atomic E-state index is 8.83. The maximum Gasteiger partial charge on any atom is 0.113 e. The summed E-state index contributed by atoms with van der Waals surface area (Å²) in [5, 5.41) is 16.9. The summed E-state index contributed by atoms with van der Waals surface area (Å²) in [6.07, 6.45) is -1.13. The molecule has 2 atom stereocenters. The average Bonchev–Trinajstić information content (AvgIpc) is 1.84. The minimum Gasteiger partial charge on any atom is -0.389 e. The Balaban J connectivity index is 3.73. The lowest BCUT2D eigenvalue weighted by Crippen LogP contribution is -2.17. The normalized spacial score (nSPS) is 16.9. The van der Waals surface area contributed by atoms with Gasteiger partial charge in [-0.2, -0.15) is 0 Å². The quantitative estimate of drug-likeness (QED) is 0.339. The van der Waals surface area contributed by atoms with Crippen molar-refractivity contribution < 1.29 is 15.3 Å². The molecule has 0 aliphatic carbocycles. The molecule has 3 heteroatoms. The molecule has 0 aromatic heterocycles. The molecule has 0 aliphatic heterocycles. The minimum absolute atomic E-state index is 0.470. The van der Waals surface area contributed by atoms with Crippen LogP contribution in [0, 0.1) is 0 Å². The van der Waals surface area contributed by atoms with Crippen molar-refractivity contribution >= 4 is 0 Å². The van der Waals surface area contributed by atoms with Crippen molar-refractivity contribution in [3.05, 3.63) is 12.2 Å². The standard InChI is InChI=1S/C6H12O3/c1-4(5(2)7)6(3)9-8/h5-8H,1H2,2-3H3. The zero-order chi connectivity index (χ0) is 7.44. The van der Waals surface area contributed by atoms with Crippen LogP contribution in [0.3, 0.4) is 0 Å². The van der Waals surface area contributed by atoms with Crippen LogP contribution in [-0.2, 0) is 4.89 Å². The summed E-state index contributed by atoms with van der Waals surface area (Å²) < 4.78 is 0. The Morgan fingerprint density at radius 1 is 1.56 bits per heavy atom. The fourth-order valence-electron chi connectivity index (χ4n) is 0.407. The number of hydrogen-bond donors (Lipinski definition) is 2. The van der Waals surface area contributed by atoms with E-state index in [1.807, 2.05) is 0 Å². The van der Waals surface area contributed by atoms with Crippen molar-refractivity contribution in [2.45, 2.75) is 26.1 Å². The van der Waals surface area contributed by atoms with E-state index in [1.165, 1.54) is 0 Å². The summed E-state index contributed by atoms with van der Waals surface area (Å²) in [5.74, 6) is 0. The van der Waals surface area contributed by atoms with Gasteiger partial charge in [-0.25, -0.2) is 4.89 Å². The third kappa shape index (κ3) is 2.60. The van der Waals surface area contributed by atoms with Crippen LogP contribution in [0.1, 0.15) is 13.8 Å². The largest absolute Gasteiger partial charge is 0.389 e. The first kappa shape index (κ1) is 8.62. The van der Waals surface area contributed by atoms with E-state index in [1.54, 1.807) is 13.8 Å². The van der Waals surface area contributed by atoms with Crippen LogP contribution in [0.5, 0.6) is 0 Å². The van der Waals surface area contributed by atoms with Gasteiger partial charge < -0.3 is 5.11 Å². The van der Waals surface area contributed by atoms with Gasteiger partial charge in [0.25, 0.3) is 0 Å². The maximum absolute atomic E-state index is 8.83. The van der Waals surface area contributed by atoms with Crippen LogP contribution in [0.4, 0.5) is 0 Å². The molecule has 0 radical (unpaired) electrons. The van der Waals surface area contributed by atoms with Gasteiger partial charge in [-0.05, 0) is 19.4 Å². The van der Waals surface area contributed by atoms with Gasteiger partial charge >= 0.3 is 0 Å². The minimum atomic E-state index is -0.632. The van der Waals surface area contributed by atoms with E-state index in [4.69, 9.17) is 10.4 Å². The average molecular weight is 132 g/mol. The molecule has 0 heterocycles. The predicted molar refractivity (Wildman–Crippen MR) is 34.0 cm³/mol. The van der Waals surface area contributed by atoms with E-state index in [2.05, 4.69) is 11.5 Å². The van der Waals surface area contributed by atoms with Crippen LogP contribution in [-0.4, -0.2) is 22.6 Å². The van der Waals surface area contributed by atoms with Crippen molar-refractivity contribution in [2.24, 2.45) is 0 Å². The molecule has 0 saturated carbocycles. The van der Waals surface area contributed by atoms with E-state index in [0.717, 1.165) is 0 Å². The molecule has 0 aliphatic rings. The lowest BCUT2D eigenvalue weighted by molar-refractivity contribution is -0.265. The predicted octanol–water partition coefficient (Wildman–Crippen LogP) is 0.801. The molecule has 0 saturated heterocycles. The Morgan fingerprint density at radius 3 is 2.11 bits per heavy atom. The smallest absolute Gasteiger partial charge is 0.113 e. The summed E-state index contributed by atoms with van der Waals surface area (Å²) >= 11 is 0. The van der Waals surface area contributed by atoms with Crippen molar-refractivity contribution in [3.8, 4) is 0 Å². The van der Waals surface area contributed by atoms with Crippen LogP contribution in [0.2, 0.25) is 0 Å². The van der Waals surface area contributed by atoms with E-state index in [0.29, 0.717) is 5.57 Å². The van der Waals surface area contributed by atoms with Gasteiger partial charge in [0.2, 0.25) is 0 Å². The second-order valence-corrected chi connectivity index (χ2v) is 2.00. The van der Waals surface area contributed by atoms with Crippen LogP contribution >= 0.6 is 0 Å². The van der Waals surface area contributed by atoms with E-state index in [9.17, 15) is 0 Å². The van der Waals surface area contributed by atoms with E-state index >= 15 is 0 Å². The van der Waals surface area contributed by atoms with Gasteiger partial charge in [-0.15, -0.1) is 0 Å². The fourth-order valence-corrected chi connectivity index (χ4v) is 0.407. The molecule has 0 amide bonds. The van der Waals surface area contributed by atoms with Crippen LogP contribution < -0.4 is 0 Å². The van der Waals surface area contributed by atoms with Crippen molar-refractivity contribution in [1.82, 2.24) is 0 Å². The van der Waals surface area contributed by atoms with Gasteiger partial charge in [0.15, 0.2) is 0 Å². The molecule has 0 fully saturated rings. The number of hydrogen-bond acceptors (Lipinski definition) is 3. The Hall–Kier alpha value is -0.380. The Morgan fingerprint density at radius 2 is 2.00 bits per heavy atom. The van der Waals surface area contributed by atoms with Gasteiger partial charge in [0, 0.05) is 0 Å². The number of rotatable bonds is 3. The van der Waals surface area contributed by atoms with Gasteiger partial charge in [-0.3, -0.25) is 5.26 Å². The summed E-state index contributed by atoms with van der Waals surface area (Å²) in [7, 11) is 0. The first-order valence-electron chi connectivity index (χ1n) is 2.76. The third-order valence-electron chi connectivity index (χ3n) is 1.22. The van der Waals surface area contributed by atoms with Gasteiger partial charge in [0.1, 0.15) is 6.10 Å². The van der Waals surface area contributed by atoms with Crippen LogP contribution in [0.15, 0.2) is 12.2 Å². The molecule has 2 N–H and O–H groups in total. The van der Waals surface area contributed by atoms with Crippen molar-refractivity contribution in [3.63, 3.8) is 0 Å². The highest BCUT2D eigenvalue weighted by atomic mass is 17.1. The molecule has 0 aromatic carbocycles. The van der Waals surface area contributed by atoms with Gasteiger partial charge in [-0.1, -0.05) is 6.58 Å².